The normalized spacial score (nSPS) is 10.3. The molecule has 0 spiro atoms. The topological polar surface area (TPSA) is 61.6 Å². The molecule has 0 unspecified atom stereocenters. The number of hydrogen-bond acceptors (Lipinski definition) is 4. The van der Waals surface area contributed by atoms with E-state index in [1.165, 1.54) is 11.8 Å². The molecule has 0 bridgehead atoms. The van der Waals surface area contributed by atoms with Gasteiger partial charge in [-0.15, -0.1) is 5.10 Å². The van der Waals surface area contributed by atoms with Crippen molar-refractivity contribution in [2.75, 3.05) is 5.32 Å². The Morgan fingerprint density at radius 2 is 2.05 bits per heavy atom. The quantitative estimate of drug-likeness (QED) is 0.907. The highest BCUT2D eigenvalue weighted by molar-refractivity contribution is 5.68. The maximum absolute atomic E-state index is 9.09. The molecule has 0 aliphatic carbocycles. The summed E-state index contributed by atoms with van der Waals surface area (Å²) in [4.78, 5) is 0. The van der Waals surface area contributed by atoms with E-state index < -0.39 is 0 Å². The molecule has 2 aromatic rings. The molecule has 0 radical (unpaired) electrons. The summed E-state index contributed by atoms with van der Waals surface area (Å²) in [7, 11) is 0. The van der Waals surface area contributed by atoms with Crippen molar-refractivity contribution >= 4 is 11.5 Å². The Morgan fingerprint density at radius 3 is 2.74 bits per heavy atom. The van der Waals surface area contributed by atoms with Gasteiger partial charge in [0.05, 0.1) is 11.8 Å². The predicted molar refractivity (Wildman–Crippen MR) is 75.3 cm³/mol. The molecule has 0 atom stereocenters. The van der Waals surface area contributed by atoms with Crippen molar-refractivity contribution in [3.63, 3.8) is 0 Å². The van der Waals surface area contributed by atoms with E-state index in [1.807, 2.05) is 19.1 Å². The van der Waals surface area contributed by atoms with Crippen LogP contribution in [-0.4, -0.2) is 10.2 Å². The molecule has 0 aliphatic rings. The molecule has 0 amide bonds. The van der Waals surface area contributed by atoms with Crippen molar-refractivity contribution in [3.05, 3.63) is 47.2 Å². The molecular weight excluding hydrogens is 236 g/mol. The SMILES string of the molecule is Cc1cccc(C(C)C)c1Nc1nnccc1C#N. The van der Waals surface area contributed by atoms with Crippen LogP contribution in [0.5, 0.6) is 0 Å². The summed E-state index contributed by atoms with van der Waals surface area (Å²) in [5.74, 6) is 0.894. The number of benzene rings is 1. The number of rotatable bonds is 3. The lowest BCUT2D eigenvalue weighted by Crippen LogP contribution is -2.04. The van der Waals surface area contributed by atoms with E-state index in [0.29, 0.717) is 17.3 Å². The number of hydrogen-bond donors (Lipinski definition) is 1. The fourth-order valence-electron chi connectivity index (χ4n) is 1.98. The van der Waals surface area contributed by atoms with E-state index in [1.54, 1.807) is 6.07 Å². The molecule has 96 valence electrons. The maximum Gasteiger partial charge on any atom is 0.171 e. The lowest BCUT2D eigenvalue weighted by molar-refractivity contribution is 0.866. The Labute approximate surface area is 113 Å². The molecule has 1 aromatic carbocycles. The van der Waals surface area contributed by atoms with Gasteiger partial charge in [0, 0.05) is 5.69 Å². The monoisotopic (exact) mass is 252 g/mol. The Bertz CT molecular complexity index is 626. The zero-order valence-corrected chi connectivity index (χ0v) is 11.3. The van der Waals surface area contributed by atoms with Crippen molar-refractivity contribution in [1.82, 2.24) is 10.2 Å². The molecule has 1 aromatic heterocycles. The zero-order valence-electron chi connectivity index (χ0n) is 11.3. The Balaban J connectivity index is 2.47. The molecule has 19 heavy (non-hydrogen) atoms. The van der Waals surface area contributed by atoms with Gasteiger partial charge in [0.1, 0.15) is 6.07 Å². The van der Waals surface area contributed by atoms with Crippen LogP contribution >= 0.6 is 0 Å². The number of nitriles is 1. The molecule has 4 heteroatoms. The number of para-hydroxylation sites is 1. The third-order valence-corrected chi connectivity index (χ3v) is 3.01. The summed E-state index contributed by atoms with van der Waals surface area (Å²) in [5, 5.41) is 20.2. The van der Waals surface area contributed by atoms with E-state index in [0.717, 1.165) is 11.3 Å². The molecule has 2 rings (SSSR count). The predicted octanol–water partition coefficient (Wildman–Crippen LogP) is 3.52. The minimum Gasteiger partial charge on any atom is -0.337 e. The van der Waals surface area contributed by atoms with E-state index in [2.05, 4.69) is 41.5 Å². The van der Waals surface area contributed by atoms with Crippen molar-refractivity contribution in [2.45, 2.75) is 26.7 Å². The minimum absolute atomic E-state index is 0.393. The molecule has 0 saturated heterocycles. The van der Waals surface area contributed by atoms with Gasteiger partial charge < -0.3 is 5.32 Å². The lowest BCUT2D eigenvalue weighted by Gasteiger charge is -2.16. The van der Waals surface area contributed by atoms with Gasteiger partial charge in [-0.1, -0.05) is 32.0 Å². The molecular formula is C15H16N4. The number of anilines is 2. The van der Waals surface area contributed by atoms with Gasteiger partial charge >= 0.3 is 0 Å². The number of aromatic nitrogens is 2. The van der Waals surface area contributed by atoms with E-state index in [9.17, 15) is 0 Å². The Morgan fingerprint density at radius 1 is 1.26 bits per heavy atom. The van der Waals surface area contributed by atoms with Crippen molar-refractivity contribution in [3.8, 4) is 6.07 Å². The van der Waals surface area contributed by atoms with E-state index in [-0.39, 0.29) is 0 Å². The van der Waals surface area contributed by atoms with Crippen LogP contribution in [0.2, 0.25) is 0 Å². The zero-order chi connectivity index (χ0) is 13.8. The third kappa shape index (κ3) is 2.71. The summed E-state index contributed by atoms with van der Waals surface area (Å²) in [6.07, 6.45) is 1.52. The Kier molecular flexibility index (Phi) is 3.76. The maximum atomic E-state index is 9.09. The van der Waals surface area contributed by atoms with Crippen LogP contribution in [0, 0.1) is 18.3 Å². The number of nitrogens with one attached hydrogen (secondary N) is 1. The standard InChI is InChI=1S/C15H16N4/c1-10(2)13-6-4-5-11(3)14(13)18-15-12(9-16)7-8-17-19-15/h4-8,10H,1-3H3,(H,18,19). The van der Waals surface area contributed by atoms with Crippen LogP contribution in [0.3, 0.4) is 0 Å². The number of aryl methyl sites for hydroxylation is 1. The Hall–Kier alpha value is -2.41. The van der Waals surface area contributed by atoms with Crippen LogP contribution in [0.25, 0.3) is 0 Å². The first kappa shape index (κ1) is 13.0. The van der Waals surface area contributed by atoms with Crippen molar-refractivity contribution in [1.29, 1.82) is 5.26 Å². The van der Waals surface area contributed by atoms with Crippen LogP contribution in [0.1, 0.15) is 36.5 Å². The van der Waals surface area contributed by atoms with Crippen LogP contribution in [0.15, 0.2) is 30.5 Å². The van der Waals surface area contributed by atoms with Crippen LogP contribution < -0.4 is 5.32 Å². The average Bonchev–Trinajstić information content (AvgIpc) is 2.41. The molecule has 1 N–H and O–H groups in total. The van der Waals surface area contributed by atoms with Gasteiger partial charge in [-0.2, -0.15) is 10.4 Å². The van der Waals surface area contributed by atoms with Gasteiger partial charge in [-0.05, 0) is 30.0 Å². The summed E-state index contributed by atoms with van der Waals surface area (Å²) in [5.41, 5.74) is 3.83. The first-order chi connectivity index (χ1) is 9.13. The first-order valence-corrected chi connectivity index (χ1v) is 6.21. The second-order valence-corrected chi connectivity index (χ2v) is 4.72. The second kappa shape index (κ2) is 5.49. The average molecular weight is 252 g/mol. The van der Waals surface area contributed by atoms with E-state index >= 15 is 0 Å². The minimum atomic E-state index is 0.393. The van der Waals surface area contributed by atoms with Crippen molar-refractivity contribution < 1.29 is 0 Å². The fourth-order valence-corrected chi connectivity index (χ4v) is 1.98. The second-order valence-electron chi connectivity index (χ2n) is 4.72. The van der Waals surface area contributed by atoms with Gasteiger partial charge in [0.2, 0.25) is 0 Å². The summed E-state index contributed by atoms with van der Waals surface area (Å²) < 4.78 is 0. The fraction of sp³-hybridized carbons (Fsp3) is 0.267. The molecule has 4 nitrogen and oxygen atoms in total. The molecule has 0 fully saturated rings. The molecule has 1 heterocycles. The van der Waals surface area contributed by atoms with Crippen LogP contribution in [-0.2, 0) is 0 Å². The van der Waals surface area contributed by atoms with Crippen LogP contribution in [0.4, 0.5) is 11.5 Å². The van der Waals surface area contributed by atoms with E-state index in [4.69, 9.17) is 5.26 Å². The lowest BCUT2D eigenvalue weighted by atomic mass is 9.98. The number of nitrogens with zero attached hydrogens (tertiary/aromatic N) is 3. The van der Waals surface area contributed by atoms with Crippen molar-refractivity contribution in [2.24, 2.45) is 0 Å². The van der Waals surface area contributed by atoms with Gasteiger partial charge in [-0.3, -0.25) is 0 Å². The molecule has 0 saturated carbocycles. The molecule has 0 aliphatic heterocycles. The highest BCUT2D eigenvalue weighted by Gasteiger charge is 2.11. The highest BCUT2D eigenvalue weighted by atomic mass is 15.2. The highest BCUT2D eigenvalue weighted by Crippen LogP contribution is 2.30. The summed E-state index contributed by atoms with van der Waals surface area (Å²) in [6.45, 7) is 6.32. The van der Waals surface area contributed by atoms with Gasteiger partial charge in [0.15, 0.2) is 5.82 Å². The first-order valence-electron chi connectivity index (χ1n) is 6.21. The smallest absolute Gasteiger partial charge is 0.171 e. The largest absolute Gasteiger partial charge is 0.337 e. The summed E-state index contributed by atoms with van der Waals surface area (Å²) in [6, 6.07) is 9.94. The summed E-state index contributed by atoms with van der Waals surface area (Å²) >= 11 is 0. The third-order valence-electron chi connectivity index (χ3n) is 3.01. The van der Waals surface area contributed by atoms with Gasteiger partial charge in [0.25, 0.3) is 0 Å². The van der Waals surface area contributed by atoms with Gasteiger partial charge in [-0.25, -0.2) is 0 Å².